The molecule has 2 saturated heterocycles. The molecule has 2 nitrogen and oxygen atoms in total. The number of piperidine rings is 1. The lowest BCUT2D eigenvalue weighted by atomic mass is 9.94. The number of hydrogen-bond acceptors (Lipinski definition) is 3. The van der Waals surface area contributed by atoms with E-state index < -0.39 is 0 Å². The van der Waals surface area contributed by atoms with Gasteiger partial charge in [0, 0.05) is 33.9 Å². The van der Waals surface area contributed by atoms with E-state index in [1.54, 1.807) is 5.56 Å². The molecule has 100 valence electrons. The molecular weight excluding hydrogens is 240 g/mol. The number of aryl methyl sites for hydroxylation is 2. The van der Waals surface area contributed by atoms with E-state index in [2.05, 4.69) is 31.7 Å². The van der Waals surface area contributed by atoms with Gasteiger partial charge < -0.3 is 5.73 Å². The van der Waals surface area contributed by atoms with Crippen molar-refractivity contribution >= 4 is 11.3 Å². The molecule has 2 N–H and O–H groups in total. The maximum Gasteiger partial charge on any atom is 0.0336 e. The normalized spacial score (nSPS) is 33.9. The lowest BCUT2D eigenvalue weighted by Gasteiger charge is -2.41. The number of thiophene rings is 1. The fourth-order valence-corrected chi connectivity index (χ4v) is 5.13. The van der Waals surface area contributed by atoms with Crippen LogP contribution in [0, 0.1) is 13.8 Å². The van der Waals surface area contributed by atoms with Crippen LogP contribution in [0.4, 0.5) is 0 Å². The molecule has 3 rings (SSSR count). The van der Waals surface area contributed by atoms with Gasteiger partial charge in [0.2, 0.25) is 0 Å². The Balaban J connectivity index is 1.85. The van der Waals surface area contributed by atoms with E-state index in [0.717, 1.165) is 12.1 Å². The smallest absolute Gasteiger partial charge is 0.0336 e. The van der Waals surface area contributed by atoms with E-state index in [1.807, 2.05) is 11.3 Å². The van der Waals surface area contributed by atoms with Crippen LogP contribution in [0.15, 0.2) is 6.07 Å². The van der Waals surface area contributed by atoms with Crippen molar-refractivity contribution in [3.8, 4) is 0 Å². The first-order chi connectivity index (χ1) is 8.56. The standard InChI is InChI=1S/C15H24N2S/c1-9-6-15(11(3)18-9)10(2)17-13-4-5-14(17)8-12(16)7-13/h6,10,12-14H,4-5,7-8,16H2,1-3H3. The summed E-state index contributed by atoms with van der Waals surface area (Å²) in [5.41, 5.74) is 7.71. The Morgan fingerprint density at radius 1 is 1.28 bits per heavy atom. The summed E-state index contributed by atoms with van der Waals surface area (Å²) in [5, 5.41) is 0. The highest BCUT2D eigenvalue weighted by atomic mass is 32.1. The first-order valence-electron chi connectivity index (χ1n) is 7.16. The van der Waals surface area contributed by atoms with Gasteiger partial charge in [-0.25, -0.2) is 0 Å². The van der Waals surface area contributed by atoms with Gasteiger partial charge in [0.15, 0.2) is 0 Å². The Morgan fingerprint density at radius 3 is 2.39 bits per heavy atom. The first kappa shape index (κ1) is 12.6. The molecule has 3 unspecified atom stereocenters. The zero-order valence-corrected chi connectivity index (χ0v) is 12.5. The van der Waals surface area contributed by atoms with Crippen molar-refractivity contribution in [1.82, 2.24) is 4.90 Å². The number of nitrogens with zero attached hydrogens (tertiary/aromatic N) is 1. The summed E-state index contributed by atoms with van der Waals surface area (Å²) in [6.07, 6.45) is 5.10. The van der Waals surface area contributed by atoms with Crippen molar-refractivity contribution in [2.45, 2.75) is 70.6 Å². The fraction of sp³-hybridized carbons (Fsp3) is 0.733. The third-order valence-electron chi connectivity index (χ3n) is 4.80. The highest BCUT2D eigenvalue weighted by molar-refractivity contribution is 7.12. The van der Waals surface area contributed by atoms with Crippen molar-refractivity contribution in [2.75, 3.05) is 0 Å². The zero-order valence-electron chi connectivity index (χ0n) is 11.6. The summed E-state index contributed by atoms with van der Waals surface area (Å²) >= 11 is 1.93. The molecule has 2 fully saturated rings. The third-order valence-corrected chi connectivity index (χ3v) is 5.78. The van der Waals surface area contributed by atoms with E-state index in [1.165, 1.54) is 35.4 Å². The second kappa shape index (κ2) is 4.62. The average Bonchev–Trinajstić information content (AvgIpc) is 2.76. The van der Waals surface area contributed by atoms with Crippen LogP contribution in [0.5, 0.6) is 0 Å². The second-order valence-electron chi connectivity index (χ2n) is 6.11. The highest BCUT2D eigenvalue weighted by Gasteiger charge is 2.42. The van der Waals surface area contributed by atoms with Gasteiger partial charge in [0.05, 0.1) is 0 Å². The Kier molecular flexibility index (Phi) is 3.25. The van der Waals surface area contributed by atoms with Gasteiger partial charge in [0.1, 0.15) is 0 Å². The van der Waals surface area contributed by atoms with Crippen molar-refractivity contribution in [3.63, 3.8) is 0 Å². The molecule has 3 heterocycles. The van der Waals surface area contributed by atoms with Crippen LogP contribution in [0.3, 0.4) is 0 Å². The van der Waals surface area contributed by atoms with Crippen LogP contribution < -0.4 is 5.73 Å². The SMILES string of the molecule is Cc1cc(C(C)N2C3CCC2CC(N)C3)c(C)s1. The van der Waals surface area contributed by atoms with Crippen molar-refractivity contribution in [2.24, 2.45) is 5.73 Å². The predicted molar refractivity (Wildman–Crippen MR) is 78.1 cm³/mol. The molecule has 2 aliphatic rings. The minimum atomic E-state index is 0.441. The summed E-state index contributed by atoms with van der Waals surface area (Å²) in [6, 6.07) is 4.86. The molecule has 3 heteroatoms. The molecular formula is C15H24N2S. The quantitative estimate of drug-likeness (QED) is 0.887. The lowest BCUT2D eigenvalue weighted by Crippen LogP contribution is -2.48. The van der Waals surface area contributed by atoms with Crippen LogP contribution in [-0.2, 0) is 0 Å². The molecule has 2 bridgehead atoms. The van der Waals surface area contributed by atoms with Crippen LogP contribution in [0.2, 0.25) is 0 Å². The van der Waals surface area contributed by atoms with Crippen LogP contribution in [-0.4, -0.2) is 23.0 Å². The zero-order chi connectivity index (χ0) is 12.9. The third kappa shape index (κ3) is 2.02. The second-order valence-corrected chi connectivity index (χ2v) is 7.57. The molecule has 0 spiro atoms. The van der Waals surface area contributed by atoms with Gasteiger partial charge in [-0.1, -0.05) is 0 Å². The predicted octanol–water partition coefficient (Wildman–Crippen LogP) is 3.38. The largest absolute Gasteiger partial charge is 0.328 e. The van der Waals surface area contributed by atoms with Gasteiger partial charge in [-0.15, -0.1) is 11.3 Å². The number of nitrogens with two attached hydrogens (primary N) is 1. The monoisotopic (exact) mass is 264 g/mol. The van der Waals surface area contributed by atoms with E-state index in [-0.39, 0.29) is 0 Å². The fourth-order valence-electron chi connectivity index (χ4n) is 4.11. The topological polar surface area (TPSA) is 29.3 Å². The Morgan fingerprint density at radius 2 is 1.89 bits per heavy atom. The molecule has 0 radical (unpaired) electrons. The maximum absolute atomic E-state index is 6.17. The average molecular weight is 264 g/mol. The van der Waals surface area contributed by atoms with Gasteiger partial charge in [0.25, 0.3) is 0 Å². The molecule has 1 aromatic rings. The van der Waals surface area contributed by atoms with Crippen molar-refractivity contribution < 1.29 is 0 Å². The van der Waals surface area contributed by atoms with Crippen molar-refractivity contribution in [3.05, 3.63) is 21.4 Å². The van der Waals surface area contributed by atoms with Gasteiger partial charge >= 0.3 is 0 Å². The molecule has 1 aromatic heterocycles. The lowest BCUT2D eigenvalue weighted by molar-refractivity contribution is 0.0853. The molecule has 0 saturated carbocycles. The van der Waals surface area contributed by atoms with Crippen LogP contribution in [0.25, 0.3) is 0 Å². The van der Waals surface area contributed by atoms with Gasteiger partial charge in [-0.3, -0.25) is 4.90 Å². The highest BCUT2D eigenvalue weighted by Crippen LogP contribution is 2.42. The maximum atomic E-state index is 6.17. The summed E-state index contributed by atoms with van der Waals surface area (Å²) in [5.74, 6) is 0. The van der Waals surface area contributed by atoms with E-state index in [0.29, 0.717) is 12.1 Å². The molecule has 18 heavy (non-hydrogen) atoms. The summed E-state index contributed by atoms with van der Waals surface area (Å²) in [4.78, 5) is 5.70. The van der Waals surface area contributed by atoms with Crippen molar-refractivity contribution in [1.29, 1.82) is 0 Å². The minimum Gasteiger partial charge on any atom is -0.328 e. The van der Waals surface area contributed by atoms with Gasteiger partial charge in [-0.05, 0) is 58.1 Å². The number of rotatable bonds is 2. The molecule has 2 aliphatic heterocycles. The summed E-state index contributed by atoms with van der Waals surface area (Å²) < 4.78 is 0. The Hall–Kier alpha value is -0.380. The molecule has 3 atom stereocenters. The Bertz CT molecular complexity index is 426. The molecule has 0 aromatic carbocycles. The number of hydrogen-bond donors (Lipinski definition) is 1. The van der Waals surface area contributed by atoms with Crippen LogP contribution in [0.1, 0.15) is 54.0 Å². The first-order valence-corrected chi connectivity index (χ1v) is 7.98. The molecule has 0 aliphatic carbocycles. The molecule has 0 amide bonds. The summed E-state index contributed by atoms with van der Waals surface area (Å²) in [6.45, 7) is 6.87. The summed E-state index contributed by atoms with van der Waals surface area (Å²) in [7, 11) is 0. The van der Waals surface area contributed by atoms with E-state index in [4.69, 9.17) is 5.73 Å². The minimum absolute atomic E-state index is 0.441. The van der Waals surface area contributed by atoms with E-state index >= 15 is 0 Å². The van der Waals surface area contributed by atoms with Gasteiger partial charge in [-0.2, -0.15) is 0 Å². The Labute approximate surface area is 114 Å². The van der Waals surface area contributed by atoms with Crippen LogP contribution >= 0.6 is 11.3 Å². The van der Waals surface area contributed by atoms with E-state index in [9.17, 15) is 0 Å². The number of fused-ring (bicyclic) bond motifs is 2.